The van der Waals surface area contributed by atoms with Gasteiger partial charge in [-0.05, 0) is 63.0 Å². The molecule has 0 atom stereocenters. The predicted molar refractivity (Wildman–Crippen MR) is 139 cm³/mol. The summed E-state index contributed by atoms with van der Waals surface area (Å²) in [5.74, 6) is -0.466. The van der Waals surface area contributed by atoms with Gasteiger partial charge in [0, 0.05) is 5.69 Å². The molecule has 1 aromatic heterocycles. The minimum atomic E-state index is -1.24. The van der Waals surface area contributed by atoms with Gasteiger partial charge in [0.2, 0.25) is 0 Å². The SMILES string of the molecule is CC(C)(NC(=O)c1c(CC2CCCCC2)c2c([nH]c1=O)CCCCCC2)C(=O)OCC[N+](C)(C)C.[I-]. The molecule has 0 saturated heterocycles. The van der Waals surface area contributed by atoms with E-state index >= 15 is 0 Å². The molecule has 1 amide bonds. The van der Waals surface area contributed by atoms with E-state index in [4.69, 9.17) is 4.74 Å². The lowest BCUT2D eigenvalue weighted by Gasteiger charge is -2.28. The summed E-state index contributed by atoms with van der Waals surface area (Å²) in [5.41, 5.74) is 1.73. The van der Waals surface area contributed by atoms with E-state index in [1.165, 1.54) is 37.7 Å². The number of hydrogen-bond acceptors (Lipinski definition) is 4. The molecular weight excluding hydrogens is 569 g/mol. The van der Waals surface area contributed by atoms with Crippen molar-refractivity contribution in [3.05, 3.63) is 32.7 Å². The molecule has 2 aliphatic rings. The first kappa shape index (κ1) is 30.8. The third-order valence-electron chi connectivity index (χ3n) is 7.50. The van der Waals surface area contributed by atoms with Crippen LogP contribution in [0, 0.1) is 5.92 Å². The maximum absolute atomic E-state index is 13.6. The fraction of sp³-hybridized carbons (Fsp3) is 0.750. The van der Waals surface area contributed by atoms with Crippen LogP contribution in [0.4, 0.5) is 0 Å². The number of hydrogen-bond donors (Lipinski definition) is 2. The number of quaternary nitrogens is 1. The quantitative estimate of drug-likeness (QED) is 0.259. The van der Waals surface area contributed by atoms with E-state index in [0.717, 1.165) is 56.2 Å². The first-order valence-electron chi connectivity index (χ1n) is 13.5. The second-order valence-corrected chi connectivity index (χ2v) is 12.1. The second kappa shape index (κ2) is 13.4. The van der Waals surface area contributed by atoms with Crippen molar-refractivity contribution in [3.63, 3.8) is 0 Å². The summed E-state index contributed by atoms with van der Waals surface area (Å²) in [6.07, 6.45) is 13.0. The van der Waals surface area contributed by atoms with Gasteiger partial charge in [-0.2, -0.15) is 0 Å². The minimum absolute atomic E-state index is 0. The Morgan fingerprint density at radius 1 is 1.00 bits per heavy atom. The van der Waals surface area contributed by atoms with Crippen molar-refractivity contribution in [2.75, 3.05) is 34.3 Å². The Morgan fingerprint density at radius 3 is 2.25 bits per heavy atom. The number of aromatic amines is 1. The number of nitrogens with one attached hydrogen (secondary N) is 2. The molecule has 1 fully saturated rings. The normalized spacial score (nSPS) is 17.2. The van der Waals surface area contributed by atoms with Gasteiger partial charge in [-0.1, -0.05) is 44.9 Å². The molecule has 8 heteroatoms. The van der Waals surface area contributed by atoms with E-state index < -0.39 is 17.4 Å². The average molecular weight is 616 g/mol. The number of fused-ring (bicyclic) bond motifs is 1. The zero-order chi connectivity index (χ0) is 25.6. The predicted octanol–water partition coefficient (Wildman–Crippen LogP) is 0.919. The standard InChI is InChI=1S/C28H45N3O4.HI/c1-28(2,27(34)35-18-17-31(3,4)5)30-26(33)24-22(19-20-13-9-8-10-14-20)21-15-11-6-7-12-16-23(21)29-25(24)32;/h20H,6-19H2,1-5H3,(H-,29,30,32,33);1H. The molecule has 0 radical (unpaired) electrons. The summed E-state index contributed by atoms with van der Waals surface area (Å²) < 4.78 is 6.14. The van der Waals surface area contributed by atoms with Crippen LogP contribution in [0.15, 0.2) is 4.79 Å². The molecule has 1 heterocycles. The van der Waals surface area contributed by atoms with Crippen LogP contribution in [0.25, 0.3) is 0 Å². The largest absolute Gasteiger partial charge is 1.00 e. The molecule has 1 saturated carbocycles. The van der Waals surface area contributed by atoms with Crippen molar-refractivity contribution in [1.29, 1.82) is 0 Å². The Bertz CT molecular complexity index is 959. The molecule has 204 valence electrons. The molecule has 0 aromatic carbocycles. The van der Waals surface area contributed by atoms with Gasteiger partial charge in [0.15, 0.2) is 0 Å². The number of H-pyrrole nitrogens is 1. The molecule has 7 nitrogen and oxygen atoms in total. The summed E-state index contributed by atoms with van der Waals surface area (Å²) >= 11 is 0. The first-order chi connectivity index (χ1) is 16.5. The Kier molecular flexibility index (Phi) is 11.5. The lowest BCUT2D eigenvalue weighted by atomic mass is 9.81. The van der Waals surface area contributed by atoms with Crippen LogP contribution < -0.4 is 34.9 Å². The second-order valence-electron chi connectivity index (χ2n) is 12.1. The van der Waals surface area contributed by atoms with E-state index in [0.29, 0.717) is 16.9 Å². The summed E-state index contributed by atoms with van der Waals surface area (Å²) in [4.78, 5) is 42.7. The van der Waals surface area contributed by atoms with E-state index in [-0.39, 0.29) is 41.7 Å². The van der Waals surface area contributed by atoms with Crippen LogP contribution in [0.3, 0.4) is 0 Å². The Labute approximate surface area is 233 Å². The highest BCUT2D eigenvalue weighted by molar-refractivity contribution is 5.99. The number of rotatable bonds is 8. The number of halogens is 1. The molecule has 2 aliphatic carbocycles. The van der Waals surface area contributed by atoms with Crippen molar-refractivity contribution in [2.24, 2.45) is 5.92 Å². The van der Waals surface area contributed by atoms with Gasteiger partial charge in [-0.25, -0.2) is 4.79 Å². The number of aryl methyl sites for hydroxylation is 1. The molecule has 1 aromatic rings. The molecule has 2 N–H and O–H groups in total. The van der Waals surface area contributed by atoms with Gasteiger partial charge in [-0.15, -0.1) is 0 Å². The van der Waals surface area contributed by atoms with Gasteiger partial charge in [0.1, 0.15) is 24.3 Å². The average Bonchev–Trinajstić information content (AvgIpc) is 2.74. The van der Waals surface area contributed by atoms with E-state index in [2.05, 4.69) is 10.3 Å². The minimum Gasteiger partial charge on any atom is -1.00 e. The van der Waals surface area contributed by atoms with E-state index in [9.17, 15) is 14.4 Å². The van der Waals surface area contributed by atoms with Crippen LogP contribution in [-0.2, 0) is 28.8 Å². The molecule has 0 bridgehead atoms. The highest BCUT2D eigenvalue weighted by atomic mass is 127. The molecular formula is C28H46IN3O4. The zero-order valence-corrected chi connectivity index (χ0v) is 25.1. The van der Waals surface area contributed by atoms with Gasteiger partial charge >= 0.3 is 5.97 Å². The number of nitrogens with zero attached hydrogens (tertiary/aromatic N) is 1. The van der Waals surface area contributed by atoms with Crippen molar-refractivity contribution in [1.82, 2.24) is 10.3 Å². The number of aromatic nitrogens is 1. The van der Waals surface area contributed by atoms with Crippen LogP contribution in [-0.4, -0.2) is 61.2 Å². The third kappa shape index (κ3) is 8.57. The number of amides is 1. The van der Waals surface area contributed by atoms with Gasteiger partial charge < -0.3 is 43.5 Å². The van der Waals surface area contributed by atoms with Gasteiger partial charge in [0.05, 0.1) is 21.1 Å². The molecule has 36 heavy (non-hydrogen) atoms. The number of carbonyl (C=O) groups is 2. The fourth-order valence-electron chi connectivity index (χ4n) is 5.35. The van der Waals surface area contributed by atoms with E-state index in [1.807, 2.05) is 21.1 Å². The van der Waals surface area contributed by atoms with E-state index in [1.54, 1.807) is 13.8 Å². The molecule has 0 unspecified atom stereocenters. The van der Waals surface area contributed by atoms with Gasteiger partial charge in [0.25, 0.3) is 11.5 Å². The van der Waals surface area contributed by atoms with Crippen LogP contribution in [0.2, 0.25) is 0 Å². The number of ether oxygens (including phenoxy) is 1. The highest BCUT2D eigenvalue weighted by Crippen LogP contribution is 2.31. The summed E-state index contributed by atoms with van der Waals surface area (Å²) in [7, 11) is 6.09. The lowest BCUT2D eigenvalue weighted by Crippen LogP contribution is -3.00. The van der Waals surface area contributed by atoms with Gasteiger partial charge in [-0.3, -0.25) is 9.59 Å². The Morgan fingerprint density at radius 2 is 1.61 bits per heavy atom. The van der Waals surface area contributed by atoms with Crippen LogP contribution in [0.1, 0.15) is 98.8 Å². The highest BCUT2D eigenvalue weighted by Gasteiger charge is 2.34. The number of pyridine rings is 1. The Hall–Kier alpha value is -1.42. The maximum Gasteiger partial charge on any atom is 0.331 e. The summed E-state index contributed by atoms with van der Waals surface area (Å²) in [6.45, 7) is 4.23. The molecule has 0 spiro atoms. The third-order valence-corrected chi connectivity index (χ3v) is 7.50. The van der Waals surface area contributed by atoms with Crippen LogP contribution >= 0.6 is 0 Å². The van der Waals surface area contributed by atoms with Crippen molar-refractivity contribution in [3.8, 4) is 0 Å². The number of esters is 1. The monoisotopic (exact) mass is 615 g/mol. The number of likely N-dealkylation sites (N-methyl/N-ethyl adjacent to an activating group) is 1. The zero-order valence-electron chi connectivity index (χ0n) is 22.9. The van der Waals surface area contributed by atoms with Crippen LogP contribution in [0.5, 0.6) is 0 Å². The smallest absolute Gasteiger partial charge is 0.331 e. The van der Waals surface area contributed by atoms with Crippen molar-refractivity contribution >= 4 is 11.9 Å². The maximum atomic E-state index is 13.6. The molecule has 0 aliphatic heterocycles. The van der Waals surface area contributed by atoms with Crippen molar-refractivity contribution < 1.29 is 42.8 Å². The first-order valence-corrected chi connectivity index (χ1v) is 13.5. The Balaban J connectivity index is 0.00000456. The number of carbonyl (C=O) groups excluding carboxylic acids is 2. The topological polar surface area (TPSA) is 88.3 Å². The van der Waals surface area contributed by atoms with Crippen molar-refractivity contribution in [2.45, 2.75) is 96.4 Å². The molecule has 3 rings (SSSR count). The summed E-state index contributed by atoms with van der Waals surface area (Å²) in [5, 5.41) is 2.83. The fourth-order valence-corrected chi connectivity index (χ4v) is 5.35. The lowest BCUT2D eigenvalue weighted by molar-refractivity contribution is -0.870. The summed E-state index contributed by atoms with van der Waals surface area (Å²) in [6, 6.07) is 0.